The van der Waals surface area contributed by atoms with Gasteiger partial charge in [0.2, 0.25) is 5.91 Å². The van der Waals surface area contributed by atoms with Crippen molar-refractivity contribution >= 4 is 11.8 Å². The van der Waals surface area contributed by atoms with Gasteiger partial charge in [-0.3, -0.25) is 9.59 Å². The molecule has 0 aliphatic heterocycles. The van der Waals surface area contributed by atoms with Crippen LogP contribution in [0.3, 0.4) is 0 Å². The summed E-state index contributed by atoms with van der Waals surface area (Å²) < 4.78 is 33.2. The zero-order valence-corrected chi connectivity index (χ0v) is 19.2. The molecule has 0 radical (unpaired) electrons. The first-order chi connectivity index (χ1) is 16.3. The Morgan fingerprint density at radius 3 is 2.21 bits per heavy atom. The molecular weight excluding hydrogens is 438 g/mol. The minimum Gasteiger partial charge on any atom is -0.484 e. The maximum atomic E-state index is 14.5. The molecule has 0 spiro atoms. The number of benzene rings is 3. The quantitative estimate of drug-likeness (QED) is 0.478. The number of carbonyl (C=O) groups excluding carboxylic acids is 2. The summed E-state index contributed by atoms with van der Waals surface area (Å²) in [5.74, 6) is -1.42. The maximum Gasteiger partial charge on any atom is 0.261 e. The molecule has 0 aliphatic rings. The Kier molecular flexibility index (Phi) is 8.73. The lowest BCUT2D eigenvalue weighted by Gasteiger charge is -2.32. The Labute approximate surface area is 198 Å². The predicted octanol–water partition coefficient (Wildman–Crippen LogP) is 4.51. The van der Waals surface area contributed by atoms with Crippen molar-refractivity contribution in [2.45, 2.75) is 38.9 Å². The lowest BCUT2D eigenvalue weighted by atomic mass is 10.0. The highest BCUT2D eigenvalue weighted by Crippen LogP contribution is 2.18. The van der Waals surface area contributed by atoms with Gasteiger partial charge in [-0.15, -0.1) is 0 Å². The van der Waals surface area contributed by atoms with Gasteiger partial charge in [-0.05, 0) is 49.7 Å². The molecule has 34 heavy (non-hydrogen) atoms. The summed E-state index contributed by atoms with van der Waals surface area (Å²) in [6.45, 7) is 3.16. The van der Waals surface area contributed by atoms with E-state index in [1.807, 2.05) is 44.2 Å². The van der Waals surface area contributed by atoms with Crippen LogP contribution in [0.2, 0.25) is 0 Å². The van der Waals surface area contributed by atoms with Crippen LogP contribution in [0, 0.1) is 11.6 Å². The summed E-state index contributed by atoms with van der Waals surface area (Å²) in [6.07, 6.45) is 0.246. The van der Waals surface area contributed by atoms with Crippen molar-refractivity contribution in [1.29, 1.82) is 0 Å². The first kappa shape index (κ1) is 24.9. The third-order valence-corrected chi connectivity index (χ3v) is 5.18. The molecule has 3 aromatic rings. The van der Waals surface area contributed by atoms with Gasteiger partial charge in [0.25, 0.3) is 5.91 Å². The van der Waals surface area contributed by atoms with Gasteiger partial charge in [0.15, 0.2) is 6.61 Å². The fraction of sp³-hybridized carbons (Fsp3) is 0.259. The Morgan fingerprint density at radius 1 is 0.912 bits per heavy atom. The van der Waals surface area contributed by atoms with E-state index in [-0.39, 0.29) is 37.1 Å². The van der Waals surface area contributed by atoms with E-state index in [1.54, 1.807) is 18.2 Å². The average molecular weight is 467 g/mol. The Hall–Kier alpha value is -3.74. The largest absolute Gasteiger partial charge is 0.484 e. The topological polar surface area (TPSA) is 58.6 Å². The molecule has 1 N–H and O–H groups in total. The molecule has 178 valence electrons. The van der Waals surface area contributed by atoms with E-state index in [4.69, 9.17) is 4.74 Å². The van der Waals surface area contributed by atoms with E-state index in [0.717, 1.165) is 5.56 Å². The first-order valence-electron chi connectivity index (χ1n) is 11.1. The van der Waals surface area contributed by atoms with Gasteiger partial charge in [-0.25, -0.2) is 8.78 Å². The van der Waals surface area contributed by atoms with E-state index in [1.165, 1.54) is 35.2 Å². The molecule has 3 rings (SSSR count). The SMILES string of the molecule is CC(C)NC(=O)[C@H](Cc1ccccc1)N(Cc1ccccc1F)C(=O)COc1ccc(F)cc1. The second-order valence-corrected chi connectivity index (χ2v) is 8.22. The van der Waals surface area contributed by atoms with Crippen molar-refractivity contribution in [3.05, 3.63) is 102 Å². The van der Waals surface area contributed by atoms with Crippen LogP contribution in [-0.2, 0) is 22.6 Å². The molecule has 0 aromatic heterocycles. The van der Waals surface area contributed by atoms with Crippen LogP contribution in [0.15, 0.2) is 78.9 Å². The number of amides is 2. The monoisotopic (exact) mass is 466 g/mol. The van der Waals surface area contributed by atoms with Crippen LogP contribution in [0.1, 0.15) is 25.0 Å². The molecule has 0 fully saturated rings. The van der Waals surface area contributed by atoms with Crippen molar-refractivity contribution < 1.29 is 23.1 Å². The molecule has 0 bridgehead atoms. The number of hydrogen-bond donors (Lipinski definition) is 1. The second-order valence-electron chi connectivity index (χ2n) is 8.22. The van der Waals surface area contributed by atoms with Crippen molar-refractivity contribution in [3.63, 3.8) is 0 Å². The van der Waals surface area contributed by atoms with Gasteiger partial charge in [0.05, 0.1) is 0 Å². The summed E-state index contributed by atoms with van der Waals surface area (Å²) >= 11 is 0. The van der Waals surface area contributed by atoms with Crippen LogP contribution in [-0.4, -0.2) is 35.4 Å². The second kappa shape index (κ2) is 11.9. The van der Waals surface area contributed by atoms with Gasteiger partial charge in [-0.2, -0.15) is 0 Å². The molecule has 0 saturated heterocycles. The summed E-state index contributed by atoms with van der Waals surface area (Å²) in [4.78, 5) is 27.9. The molecular formula is C27H28F2N2O3. The molecule has 3 aromatic carbocycles. The Bertz CT molecular complexity index is 1090. The van der Waals surface area contributed by atoms with Crippen molar-refractivity contribution in [2.75, 3.05) is 6.61 Å². The molecule has 5 nitrogen and oxygen atoms in total. The van der Waals surface area contributed by atoms with Crippen molar-refractivity contribution in [3.8, 4) is 5.75 Å². The Morgan fingerprint density at radius 2 is 1.56 bits per heavy atom. The molecule has 1 atom stereocenters. The third kappa shape index (κ3) is 7.13. The average Bonchev–Trinajstić information content (AvgIpc) is 2.82. The minimum atomic E-state index is -0.895. The highest BCUT2D eigenvalue weighted by atomic mass is 19.1. The van der Waals surface area contributed by atoms with Crippen LogP contribution < -0.4 is 10.1 Å². The molecule has 0 unspecified atom stereocenters. The molecule has 0 heterocycles. The number of rotatable bonds is 10. The van der Waals surface area contributed by atoms with Gasteiger partial charge in [0, 0.05) is 24.6 Å². The predicted molar refractivity (Wildman–Crippen MR) is 126 cm³/mol. The fourth-order valence-electron chi connectivity index (χ4n) is 3.50. The van der Waals surface area contributed by atoms with Crippen LogP contribution in [0.4, 0.5) is 8.78 Å². The number of halogens is 2. The number of carbonyl (C=O) groups is 2. The van der Waals surface area contributed by atoms with E-state index >= 15 is 0 Å². The van der Waals surface area contributed by atoms with E-state index in [9.17, 15) is 18.4 Å². The third-order valence-electron chi connectivity index (χ3n) is 5.18. The van der Waals surface area contributed by atoms with Gasteiger partial charge in [0.1, 0.15) is 23.4 Å². The van der Waals surface area contributed by atoms with Crippen molar-refractivity contribution in [2.24, 2.45) is 0 Å². The van der Waals surface area contributed by atoms with Crippen LogP contribution in [0.5, 0.6) is 5.75 Å². The van der Waals surface area contributed by atoms with Gasteiger partial charge >= 0.3 is 0 Å². The van der Waals surface area contributed by atoms with Crippen LogP contribution >= 0.6 is 0 Å². The van der Waals surface area contributed by atoms with E-state index < -0.39 is 23.6 Å². The van der Waals surface area contributed by atoms with E-state index in [0.29, 0.717) is 5.75 Å². The standard InChI is InChI=1S/C27H28F2N2O3/c1-19(2)30-27(33)25(16-20-8-4-3-5-9-20)31(17-21-10-6-7-11-24(21)29)26(32)18-34-23-14-12-22(28)13-15-23/h3-15,19,25H,16-18H2,1-2H3,(H,30,33)/t25-/m0/s1. The number of ether oxygens (including phenoxy) is 1. The number of nitrogens with one attached hydrogen (secondary N) is 1. The fourth-order valence-corrected chi connectivity index (χ4v) is 3.50. The number of hydrogen-bond acceptors (Lipinski definition) is 3. The van der Waals surface area contributed by atoms with Gasteiger partial charge < -0.3 is 15.0 Å². The number of nitrogens with zero attached hydrogens (tertiary/aromatic N) is 1. The lowest BCUT2D eigenvalue weighted by Crippen LogP contribution is -2.53. The highest BCUT2D eigenvalue weighted by Gasteiger charge is 2.31. The van der Waals surface area contributed by atoms with Crippen LogP contribution in [0.25, 0.3) is 0 Å². The van der Waals surface area contributed by atoms with Crippen molar-refractivity contribution in [1.82, 2.24) is 10.2 Å². The highest BCUT2D eigenvalue weighted by molar-refractivity contribution is 5.88. The Balaban J connectivity index is 1.91. The summed E-state index contributed by atoms with van der Waals surface area (Å²) in [5, 5.41) is 2.87. The smallest absolute Gasteiger partial charge is 0.261 e. The van der Waals surface area contributed by atoms with E-state index in [2.05, 4.69) is 5.32 Å². The summed E-state index contributed by atoms with van der Waals surface area (Å²) in [6, 6.07) is 19.7. The molecule has 7 heteroatoms. The molecule has 0 aliphatic carbocycles. The zero-order valence-electron chi connectivity index (χ0n) is 19.2. The first-order valence-corrected chi connectivity index (χ1v) is 11.1. The van der Waals surface area contributed by atoms with Gasteiger partial charge in [-0.1, -0.05) is 48.5 Å². The summed E-state index contributed by atoms with van der Waals surface area (Å²) in [5.41, 5.74) is 1.14. The molecule has 0 saturated carbocycles. The summed E-state index contributed by atoms with van der Waals surface area (Å²) in [7, 11) is 0. The normalized spacial score (nSPS) is 11.7. The lowest BCUT2D eigenvalue weighted by molar-refractivity contribution is -0.143. The minimum absolute atomic E-state index is 0.110. The molecule has 2 amide bonds. The maximum absolute atomic E-state index is 14.5. The zero-order chi connectivity index (χ0) is 24.5.